The van der Waals surface area contributed by atoms with Crippen LogP contribution in [0, 0.1) is 13.8 Å². The van der Waals surface area contributed by atoms with Crippen LogP contribution in [0.4, 0.5) is 5.69 Å². The summed E-state index contributed by atoms with van der Waals surface area (Å²) < 4.78 is 5.05. The van der Waals surface area contributed by atoms with Gasteiger partial charge in [0.15, 0.2) is 6.61 Å². The van der Waals surface area contributed by atoms with Gasteiger partial charge >= 0.3 is 5.97 Å². The Morgan fingerprint density at radius 1 is 1.00 bits per heavy atom. The molecule has 0 aromatic heterocycles. The number of rotatable bonds is 6. The van der Waals surface area contributed by atoms with Gasteiger partial charge in [0.1, 0.15) is 0 Å². The van der Waals surface area contributed by atoms with E-state index in [9.17, 15) is 14.4 Å². The SMILES string of the molecule is CC(=O)NCc1ccc(C(=O)OCC(=O)Nc2cc(C)ccc2C)cc1. The Morgan fingerprint density at radius 2 is 1.69 bits per heavy atom. The van der Waals surface area contributed by atoms with Gasteiger partial charge in [0.25, 0.3) is 5.91 Å². The van der Waals surface area contributed by atoms with Gasteiger partial charge in [-0.05, 0) is 48.7 Å². The van der Waals surface area contributed by atoms with Gasteiger partial charge in [0.2, 0.25) is 5.91 Å². The minimum atomic E-state index is -0.577. The molecule has 0 bridgehead atoms. The third-order valence-electron chi connectivity index (χ3n) is 3.73. The van der Waals surface area contributed by atoms with Crippen molar-refractivity contribution in [3.63, 3.8) is 0 Å². The van der Waals surface area contributed by atoms with Gasteiger partial charge in [0.05, 0.1) is 5.56 Å². The predicted molar refractivity (Wildman–Crippen MR) is 98.8 cm³/mol. The number of esters is 1. The van der Waals surface area contributed by atoms with Gasteiger partial charge < -0.3 is 15.4 Å². The van der Waals surface area contributed by atoms with Crippen molar-refractivity contribution < 1.29 is 19.1 Å². The Kier molecular flexibility index (Phi) is 6.49. The molecule has 2 N–H and O–H groups in total. The summed E-state index contributed by atoms with van der Waals surface area (Å²) in [5.41, 5.74) is 3.88. The third-order valence-corrected chi connectivity index (χ3v) is 3.73. The van der Waals surface area contributed by atoms with Crippen molar-refractivity contribution in [2.45, 2.75) is 27.3 Å². The van der Waals surface area contributed by atoms with Crippen LogP contribution in [0.3, 0.4) is 0 Å². The van der Waals surface area contributed by atoms with Crippen molar-refractivity contribution in [1.82, 2.24) is 5.32 Å². The molecule has 2 rings (SSSR count). The maximum Gasteiger partial charge on any atom is 0.338 e. The number of carbonyl (C=O) groups excluding carboxylic acids is 3. The Labute approximate surface area is 152 Å². The summed E-state index contributed by atoms with van der Waals surface area (Å²) in [6.45, 7) is 5.30. The van der Waals surface area contributed by atoms with E-state index in [2.05, 4.69) is 10.6 Å². The van der Waals surface area contributed by atoms with Gasteiger partial charge in [-0.1, -0.05) is 24.3 Å². The highest BCUT2D eigenvalue weighted by Gasteiger charge is 2.11. The van der Waals surface area contributed by atoms with Gasteiger partial charge in [-0.3, -0.25) is 9.59 Å². The minimum Gasteiger partial charge on any atom is -0.452 e. The zero-order valence-electron chi connectivity index (χ0n) is 15.1. The quantitative estimate of drug-likeness (QED) is 0.781. The fourth-order valence-corrected chi connectivity index (χ4v) is 2.26. The van der Waals surface area contributed by atoms with Crippen molar-refractivity contribution >= 4 is 23.5 Å². The van der Waals surface area contributed by atoms with Crippen molar-refractivity contribution in [2.75, 3.05) is 11.9 Å². The molecule has 0 saturated heterocycles. The van der Waals surface area contributed by atoms with Crippen LogP contribution in [0.5, 0.6) is 0 Å². The fraction of sp³-hybridized carbons (Fsp3) is 0.250. The van der Waals surface area contributed by atoms with Crippen LogP contribution < -0.4 is 10.6 Å². The van der Waals surface area contributed by atoms with Gasteiger partial charge in [0, 0.05) is 19.2 Å². The van der Waals surface area contributed by atoms with Crippen LogP contribution in [0.1, 0.15) is 34.0 Å². The van der Waals surface area contributed by atoms with E-state index in [1.165, 1.54) is 6.92 Å². The number of anilines is 1. The Bertz CT molecular complexity index is 813. The molecule has 6 heteroatoms. The van der Waals surface area contributed by atoms with E-state index in [1.807, 2.05) is 32.0 Å². The van der Waals surface area contributed by atoms with Crippen LogP contribution in [0.15, 0.2) is 42.5 Å². The number of amides is 2. The molecule has 26 heavy (non-hydrogen) atoms. The van der Waals surface area contributed by atoms with Crippen LogP contribution in [-0.4, -0.2) is 24.4 Å². The first-order valence-electron chi connectivity index (χ1n) is 8.23. The van der Waals surface area contributed by atoms with Crippen molar-refractivity contribution in [3.05, 3.63) is 64.7 Å². The Morgan fingerprint density at radius 3 is 2.35 bits per heavy atom. The van der Waals surface area contributed by atoms with E-state index < -0.39 is 11.9 Å². The third kappa shape index (κ3) is 5.73. The molecule has 0 unspecified atom stereocenters. The summed E-state index contributed by atoms with van der Waals surface area (Å²) in [6.07, 6.45) is 0. The second-order valence-corrected chi connectivity index (χ2v) is 6.05. The topological polar surface area (TPSA) is 84.5 Å². The molecule has 2 aromatic carbocycles. The number of carbonyl (C=O) groups is 3. The Balaban J connectivity index is 1.86. The zero-order valence-corrected chi connectivity index (χ0v) is 15.1. The smallest absolute Gasteiger partial charge is 0.338 e. The monoisotopic (exact) mass is 354 g/mol. The molecule has 2 aromatic rings. The number of ether oxygens (including phenoxy) is 1. The number of nitrogens with one attached hydrogen (secondary N) is 2. The lowest BCUT2D eigenvalue weighted by Gasteiger charge is -2.10. The highest BCUT2D eigenvalue weighted by Crippen LogP contribution is 2.16. The molecule has 0 heterocycles. The molecule has 0 atom stereocenters. The predicted octanol–water partition coefficient (Wildman–Crippen LogP) is 2.74. The molecule has 0 fully saturated rings. The zero-order chi connectivity index (χ0) is 19.1. The van der Waals surface area contributed by atoms with Crippen molar-refractivity contribution in [2.24, 2.45) is 0 Å². The largest absolute Gasteiger partial charge is 0.452 e. The first-order chi connectivity index (χ1) is 12.3. The lowest BCUT2D eigenvalue weighted by molar-refractivity contribution is -0.119. The number of hydrogen-bond donors (Lipinski definition) is 2. The average molecular weight is 354 g/mol. The van der Waals surface area contributed by atoms with E-state index in [-0.39, 0.29) is 12.5 Å². The van der Waals surface area contributed by atoms with Crippen LogP contribution in [0.2, 0.25) is 0 Å². The second kappa shape index (κ2) is 8.80. The van der Waals surface area contributed by atoms with Crippen LogP contribution in [0.25, 0.3) is 0 Å². The number of benzene rings is 2. The fourth-order valence-electron chi connectivity index (χ4n) is 2.26. The molecule has 136 valence electrons. The lowest BCUT2D eigenvalue weighted by atomic mass is 10.1. The standard InChI is InChI=1S/C20H22N2O4/c1-13-4-5-14(2)18(10-13)22-19(24)12-26-20(25)17-8-6-16(7-9-17)11-21-15(3)23/h4-10H,11-12H2,1-3H3,(H,21,23)(H,22,24). The maximum absolute atomic E-state index is 12.0. The minimum absolute atomic E-state index is 0.122. The van der Waals surface area contributed by atoms with Gasteiger partial charge in [-0.2, -0.15) is 0 Å². The average Bonchev–Trinajstić information content (AvgIpc) is 2.61. The maximum atomic E-state index is 12.0. The molecule has 0 radical (unpaired) electrons. The lowest BCUT2D eigenvalue weighted by Crippen LogP contribution is -2.21. The molecule has 0 aliphatic carbocycles. The molecule has 0 aliphatic heterocycles. The summed E-state index contributed by atoms with van der Waals surface area (Å²) >= 11 is 0. The van der Waals surface area contributed by atoms with Crippen molar-refractivity contribution in [1.29, 1.82) is 0 Å². The van der Waals surface area contributed by atoms with E-state index in [0.717, 1.165) is 16.7 Å². The second-order valence-electron chi connectivity index (χ2n) is 6.05. The first kappa shape index (κ1) is 19.2. The molecular weight excluding hydrogens is 332 g/mol. The van der Waals surface area contributed by atoms with Crippen LogP contribution >= 0.6 is 0 Å². The van der Waals surface area contributed by atoms with Gasteiger partial charge in [-0.25, -0.2) is 4.79 Å². The van der Waals surface area contributed by atoms with E-state index in [0.29, 0.717) is 17.8 Å². The number of hydrogen-bond acceptors (Lipinski definition) is 4. The molecular formula is C20H22N2O4. The normalized spacial score (nSPS) is 10.1. The van der Waals surface area contributed by atoms with E-state index in [1.54, 1.807) is 24.3 Å². The number of aryl methyl sites for hydroxylation is 2. The summed E-state index contributed by atoms with van der Waals surface area (Å²) in [6, 6.07) is 12.4. The summed E-state index contributed by atoms with van der Waals surface area (Å²) in [7, 11) is 0. The first-order valence-corrected chi connectivity index (χ1v) is 8.23. The highest BCUT2D eigenvalue weighted by atomic mass is 16.5. The van der Waals surface area contributed by atoms with Crippen LogP contribution in [-0.2, 0) is 20.9 Å². The summed E-state index contributed by atoms with van der Waals surface area (Å²) in [5.74, 6) is -1.09. The molecule has 2 amide bonds. The molecule has 0 saturated carbocycles. The molecule has 0 aliphatic rings. The highest BCUT2D eigenvalue weighted by molar-refractivity contribution is 5.96. The van der Waals surface area contributed by atoms with Crippen molar-refractivity contribution in [3.8, 4) is 0 Å². The molecule has 6 nitrogen and oxygen atoms in total. The summed E-state index contributed by atoms with van der Waals surface area (Å²) in [5, 5.41) is 5.41. The molecule has 0 spiro atoms. The van der Waals surface area contributed by atoms with Gasteiger partial charge in [-0.15, -0.1) is 0 Å². The Hall–Kier alpha value is -3.15. The van der Waals surface area contributed by atoms with E-state index >= 15 is 0 Å². The summed E-state index contributed by atoms with van der Waals surface area (Å²) in [4.78, 5) is 34.9. The van der Waals surface area contributed by atoms with E-state index in [4.69, 9.17) is 4.74 Å².